The van der Waals surface area contributed by atoms with E-state index >= 15 is 0 Å². The van der Waals surface area contributed by atoms with Crippen LogP contribution in [0.2, 0.25) is 0 Å². The van der Waals surface area contributed by atoms with Gasteiger partial charge < -0.3 is 10.2 Å². The Hall–Kier alpha value is -0.0800. The van der Waals surface area contributed by atoms with Crippen molar-refractivity contribution < 1.29 is 0 Å². The largest absolute Gasteiger partial charge is 0.312 e. The molecule has 0 rings (SSSR count). The van der Waals surface area contributed by atoms with Gasteiger partial charge in [0.2, 0.25) is 0 Å². The van der Waals surface area contributed by atoms with Crippen molar-refractivity contribution in [1.29, 1.82) is 0 Å². The summed E-state index contributed by atoms with van der Waals surface area (Å²) >= 11 is 0. The number of nitrogens with zero attached hydrogens (tertiary/aromatic N) is 1. The molecule has 2 nitrogen and oxygen atoms in total. The van der Waals surface area contributed by atoms with E-state index in [1.54, 1.807) is 0 Å². The van der Waals surface area contributed by atoms with Crippen LogP contribution < -0.4 is 5.32 Å². The maximum Gasteiger partial charge on any atom is 0.0115 e. The van der Waals surface area contributed by atoms with Crippen LogP contribution in [0.5, 0.6) is 0 Å². The van der Waals surface area contributed by atoms with Crippen LogP contribution in [0.25, 0.3) is 0 Å². The van der Waals surface area contributed by atoms with Crippen molar-refractivity contribution in [3.8, 4) is 0 Å². The van der Waals surface area contributed by atoms with E-state index in [2.05, 4.69) is 72.7 Å². The molecule has 0 aromatic rings. The molecule has 0 amide bonds. The fourth-order valence-electron chi connectivity index (χ4n) is 2.06. The SMILES string of the molecule is CC(CCCNC(C)(C)C)N(C)C(C)C(C)(C)C. The Labute approximate surface area is 116 Å². The van der Waals surface area contributed by atoms with E-state index in [9.17, 15) is 0 Å². The van der Waals surface area contributed by atoms with Gasteiger partial charge in [-0.2, -0.15) is 0 Å². The molecule has 0 aliphatic heterocycles. The van der Waals surface area contributed by atoms with Crippen molar-refractivity contribution in [1.82, 2.24) is 10.2 Å². The van der Waals surface area contributed by atoms with Gasteiger partial charge in [0.05, 0.1) is 0 Å². The van der Waals surface area contributed by atoms with Crippen LogP contribution in [-0.2, 0) is 0 Å². The molecule has 2 atom stereocenters. The number of nitrogens with one attached hydrogen (secondary N) is 1. The lowest BCUT2D eigenvalue weighted by molar-refractivity contribution is 0.0992. The molecule has 0 aliphatic carbocycles. The molecule has 2 heteroatoms. The summed E-state index contributed by atoms with van der Waals surface area (Å²) in [6, 6.07) is 1.27. The van der Waals surface area contributed by atoms with Gasteiger partial charge in [0.25, 0.3) is 0 Å². The van der Waals surface area contributed by atoms with Crippen LogP contribution in [0.1, 0.15) is 68.2 Å². The highest BCUT2D eigenvalue weighted by atomic mass is 15.2. The molecule has 0 saturated heterocycles. The summed E-state index contributed by atoms with van der Waals surface area (Å²) in [5.74, 6) is 0. The molecular weight excluding hydrogens is 220 g/mol. The maximum absolute atomic E-state index is 3.56. The highest BCUT2D eigenvalue weighted by Gasteiger charge is 2.26. The minimum atomic E-state index is 0.244. The Bertz CT molecular complexity index is 222. The minimum absolute atomic E-state index is 0.244. The zero-order valence-corrected chi connectivity index (χ0v) is 14.2. The Morgan fingerprint density at radius 1 is 1.00 bits per heavy atom. The van der Waals surface area contributed by atoms with Crippen LogP contribution in [0.4, 0.5) is 0 Å². The van der Waals surface area contributed by atoms with Gasteiger partial charge in [-0.3, -0.25) is 0 Å². The predicted octanol–water partition coefficient (Wildman–Crippen LogP) is 3.91. The Kier molecular flexibility index (Phi) is 6.87. The smallest absolute Gasteiger partial charge is 0.0115 e. The second kappa shape index (κ2) is 6.91. The van der Waals surface area contributed by atoms with Gasteiger partial charge in [0.1, 0.15) is 0 Å². The molecule has 0 heterocycles. The van der Waals surface area contributed by atoms with Crippen molar-refractivity contribution >= 4 is 0 Å². The molecule has 18 heavy (non-hydrogen) atoms. The number of rotatable bonds is 6. The van der Waals surface area contributed by atoms with Crippen LogP contribution in [0.15, 0.2) is 0 Å². The van der Waals surface area contributed by atoms with E-state index < -0.39 is 0 Å². The average molecular weight is 256 g/mol. The predicted molar refractivity (Wildman–Crippen MR) is 83.1 cm³/mol. The van der Waals surface area contributed by atoms with E-state index in [4.69, 9.17) is 0 Å². The molecule has 0 radical (unpaired) electrons. The van der Waals surface area contributed by atoms with Crippen molar-refractivity contribution in [3.63, 3.8) is 0 Å². The molecule has 0 aromatic heterocycles. The zero-order valence-electron chi connectivity index (χ0n) is 14.2. The van der Waals surface area contributed by atoms with Crippen molar-refractivity contribution in [2.24, 2.45) is 5.41 Å². The average Bonchev–Trinajstić information content (AvgIpc) is 2.19. The molecule has 1 N–H and O–H groups in total. The fraction of sp³-hybridized carbons (Fsp3) is 1.00. The Balaban J connectivity index is 3.99. The van der Waals surface area contributed by atoms with E-state index in [1.807, 2.05) is 0 Å². The number of hydrogen-bond acceptors (Lipinski definition) is 2. The third kappa shape index (κ3) is 7.38. The molecule has 110 valence electrons. The summed E-state index contributed by atoms with van der Waals surface area (Å²) in [6.07, 6.45) is 2.51. The first kappa shape index (κ1) is 17.9. The molecular formula is C16H36N2. The first-order chi connectivity index (χ1) is 7.95. The van der Waals surface area contributed by atoms with Crippen LogP contribution in [0, 0.1) is 5.41 Å². The van der Waals surface area contributed by atoms with E-state index in [0.717, 1.165) is 6.54 Å². The lowest BCUT2D eigenvalue weighted by Crippen LogP contribution is -2.44. The first-order valence-corrected chi connectivity index (χ1v) is 7.42. The lowest BCUT2D eigenvalue weighted by Gasteiger charge is -2.39. The first-order valence-electron chi connectivity index (χ1n) is 7.42. The van der Waals surface area contributed by atoms with Gasteiger partial charge in [0, 0.05) is 17.6 Å². The molecule has 0 fully saturated rings. The second-order valence-electron chi connectivity index (χ2n) is 7.88. The molecule has 0 aromatic carbocycles. The van der Waals surface area contributed by atoms with Crippen molar-refractivity contribution in [2.75, 3.05) is 13.6 Å². The van der Waals surface area contributed by atoms with Gasteiger partial charge in [-0.25, -0.2) is 0 Å². The topological polar surface area (TPSA) is 15.3 Å². The number of hydrogen-bond donors (Lipinski definition) is 1. The van der Waals surface area contributed by atoms with E-state index in [0.29, 0.717) is 17.5 Å². The normalized spacial score (nSPS) is 17.0. The van der Waals surface area contributed by atoms with Crippen LogP contribution in [-0.4, -0.2) is 36.1 Å². The maximum atomic E-state index is 3.56. The standard InChI is InChI=1S/C16H36N2/c1-13(11-10-12-17-16(6,7)8)18(9)14(2)15(3,4)5/h13-14,17H,10-12H2,1-9H3. The summed E-state index contributed by atoms with van der Waals surface area (Å²) in [6.45, 7) is 19.4. The van der Waals surface area contributed by atoms with Crippen molar-refractivity contribution in [3.05, 3.63) is 0 Å². The summed E-state index contributed by atoms with van der Waals surface area (Å²) in [5.41, 5.74) is 0.598. The third-order valence-electron chi connectivity index (χ3n) is 4.01. The lowest BCUT2D eigenvalue weighted by atomic mass is 9.86. The molecule has 0 bridgehead atoms. The van der Waals surface area contributed by atoms with Gasteiger partial charge in [0.15, 0.2) is 0 Å². The van der Waals surface area contributed by atoms with Crippen molar-refractivity contribution in [2.45, 2.75) is 85.9 Å². The van der Waals surface area contributed by atoms with Crippen LogP contribution >= 0.6 is 0 Å². The molecule has 0 aliphatic rings. The van der Waals surface area contributed by atoms with Gasteiger partial charge in [-0.1, -0.05) is 20.8 Å². The summed E-state index contributed by atoms with van der Waals surface area (Å²) in [4.78, 5) is 2.52. The van der Waals surface area contributed by atoms with Gasteiger partial charge >= 0.3 is 0 Å². The highest BCUT2D eigenvalue weighted by molar-refractivity contribution is 4.80. The summed E-state index contributed by atoms with van der Waals surface area (Å²) < 4.78 is 0. The highest BCUT2D eigenvalue weighted by Crippen LogP contribution is 2.25. The zero-order chi connectivity index (χ0) is 14.6. The summed E-state index contributed by atoms with van der Waals surface area (Å²) in [5, 5.41) is 3.56. The fourth-order valence-corrected chi connectivity index (χ4v) is 2.06. The van der Waals surface area contributed by atoms with E-state index in [1.165, 1.54) is 12.8 Å². The molecule has 0 spiro atoms. The van der Waals surface area contributed by atoms with E-state index in [-0.39, 0.29) is 5.54 Å². The summed E-state index contributed by atoms with van der Waals surface area (Å²) in [7, 11) is 2.26. The molecule has 2 unspecified atom stereocenters. The quantitative estimate of drug-likeness (QED) is 0.725. The van der Waals surface area contributed by atoms with Gasteiger partial charge in [-0.15, -0.1) is 0 Å². The Morgan fingerprint density at radius 2 is 1.50 bits per heavy atom. The monoisotopic (exact) mass is 256 g/mol. The minimum Gasteiger partial charge on any atom is -0.312 e. The Morgan fingerprint density at radius 3 is 1.89 bits per heavy atom. The second-order valence-corrected chi connectivity index (χ2v) is 7.88. The third-order valence-corrected chi connectivity index (χ3v) is 4.01. The van der Waals surface area contributed by atoms with Crippen LogP contribution in [0.3, 0.4) is 0 Å². The van der Waals surface area contributed by atoms with Gasteiger partial charge in [-0.05, 0) is 66.5 Å². The molecule has 0 saturated carbocycles.